The number of carbonyl (C=O) groups excluding carboxylic acids is 1. The summed E-state index contributed by atoms with van der Waals surface area (Å²) < 4.78 is 0. The van der Waals surface area contributed by atoms with Crippen molar-refractivity contribution < 1.29 is 9.90 Å². The maximum absolute atomic E-state index is 12.5. The third-order valence-electron chi connectivity index (χ3n) is 3.37. The number of hydrogen-bond donors (Lipinski definition) is 1. The van der Waals surface area contributed by atoms with E-state index in [4.69, 9.17) is 11.6 Å². The van der Waals surface area contributed by atoms with Crippen LogP contribution in [0.2, 0.25) is 5.15 Å². The number of pyridine rings is 1. The molecule has 19 heavy (non-hydrogen) atoms. The number of para-hydroxylation sites is 1. The number of aliphatic hydroxyl groups is 1. The number of rotatable bonds is 1. The van der Waals surface area contributed by atoms with E-state index in [0.717, 1.165) is 5.39 Å². The summed E-state index contributed by atoms with van der Waals surface area (Å²) in [6.07, 6.45) is 0.204. The molecule has 1 aromatic heterocycles. The minimum Gasteiger partial charge on any atom is -0.391 e. The van der Waals surface area contributed by atoms with Crippen LogP contribution < -0.4 is 0 Å². The number of β-amino-alcohol motifs (C(OH)–C–C–N with tert-alkyl or cyclic N) is 1. The van der Waals surface area contributed by atoms with Crippen molar-refractivity contribution in [2.24, 2.45) is 0 Å². The van der Waals surface area contributed by atoms with E-state index in [0.29, 0.717) is 35.7 Å². The number of hydrogen-bond acceptors (Lipinski definition) is 3. The molecule has 0 radical (unpaired) electrons. The number of fused-ring (bicyclic) bond motifs is 1. The number of aliphatic hydroxyl groups excluding tert-OH is 1. The third-order valence-corrected chi connectivity index (χ3v) is 3.56. The number of benzene rings is 1. The molecule has 1 aliphatic heterocycles. The third kappa shape index (κ3) is 2.29. The zero-order valence-electron chi connectivity index (χ0n) is 10.2. The molecule has 1 amide bonds. The molecule has 0 spiro atoms. The Morgan fingerprint density at radius 1 is 1.42 bits per heavy atom. The first kappa shape index (κ1) is 12.4. The fourth-order valence-electron chi connectivity index (χ4n) is 2.42. The second-order valence-corrected chi connectivity index (χ2v) is 5.09. The molecule has 1 N–H and O–H groups in total. The Morgan fingerprint density at radius 3 is 2.95 bits per heavy atom. The summed E-state index contributed by atoms with van der Waals surface area (Å²) in [7, 11) is 0. The minimum atomic E-state index is -0.424. The van der Waals surface area contributed by atoms with Crippen molar-refractivity contribution in [2.75, 3.05) is 13.1 Å². The van der Waals surface area contributed by atoms with Crippen molar-refractivity contribution in [1.82, 2.24) is 9.88 Å². The number of halogens is 1. The zero-order valence-corrected chi connectivity index (χ0v) is 11.0. The van der Waals surface area contributed by atoms with Gasteiger partial charge in [0.2, 0.25) is 0 Å². The Balaban J connectivity index is 2.06. The molecular formula is C14H13ClN2O2. The molecule has 1 fully saturated rings. The molecule has 1 aliphatic rings. The van der Waals surface area contributed by atoms with Gasteiger partial charge in [-0.15, -0.1) is 0 Å². The van der Waals surface area contributed by atoms with E-state index < -0.39 is 6.10 Å². The highest BCUT2D eigenvalue weighted by Gasteiger charge is 2.26. The lowest BCUT2D eigenvalue weighted by Gasteiger charge is -2.16. The number of nitrogens with zero attached hydrogens (tertiary/aromatic N) is 2. The van der Waals surface area contributed by atoms with Gasteiger partial charge in [0.1, 0.15) is 5.15 Å². The lowest BCUT2D eigenvalue weighted by atomic mass is 10.1. The average Bonchev–Trinajstić information content (AvgIpc) is 2.83. The second kappa shape index (κ2) is 4.79. The maximum Gasteiger partial charge on any atom is 0.254 e. The molecule has 0 unspecified atom stereocenters. The second-order valence-electron chi connectivity index (χ2n) is 4.70. The monoisotopic (exact) mass is 276 g/mol. The van der Waals surface area contributed by atoms with Crippen molar-refractivity contribution in [3.8, 4) is 0 Å². The first-order valence-electron chi connectivity index (χ1n) is 6.18. The largest absolute Gasteiger partial charge is 0.391 e. The van der Waals surface area contributed by atoms with Gasteiger partial charge in [0.25, 0.3) is 5.91 Å². The standard InChI is InChI=1S/C14H13ClN2O2/c15-13-7-11(10-3-1-2-4-12(10)16-13)14(19)17-6-5-9(18)8-17/h1-4,7,9,18H,5-6,8H2/t9-/m0/s1. The van der Waals surface area contributed by atoms with Crippen molar-refractivity contribution in [3.63, 3.8) is 0 Å². The van der Waals surface area contributed by atoms with Gasteiger partial charge in [-0.05, 0) is 18.6 Å². The molecule has 1 saturated heterocycles. The molecule has 5 heteroatoms. The maximum atomic E-state index is 12.5. The van der Waals surface area contributed by atoms with Gasteiger partial charge in [0, 0.05) is 18.5 Å². The highest BCUT2D eigenvalue weighted by Crippen LogP contribution is 2.23. The summed E-state index contributed by atoms with van der Waals surface area (Å²) in [6, 6.07) is 9.01. The van der Waals surface area contributed by atoms with Crippen LogP contribution in [0.4, 0.5) is 0 Å². The SMILES string of the molecule is O=C(c1cc(Cl)nc2ccccc12)N1CC[C@H](O)C1. The molecule has 4 nitrogen and oxygen atoms in total. The van der Waals surface area contributed by atoms with Crippen molar-refractivity contribution in [2.45, 2.75) is 12.5 Å². The summed E-state index contributed by atoms with van der Waals surface area (Å²) >= 11 is 5.97. The molecular weight excluding hydrogens is 264 g/mol. The number of carbonyl (C=O) groups is 1. The fourth-order valence-corrected chi connectivity index (χ4v) is 2.62. The van der Waals surface area contributed by atoms with E-state index >= 15 is 0 Å². The highest BCUT2D eigenvalue weighted by atomic mass is 35.5. The molecule has 3 rings (SSSR count). The predicted octanol–water partition coefficient (Wildman–Crippen LogP) is 2.09. The van der Waals surface area contributed by atoms with Crippen LogP contribution in [-0.4, -0.2) is 40.1 Å². The van der Waals surface area contributed by atoms with Crippen LogP contribution in [0, 0.1) is 0 Å². The van der Waals surface area contributed by atoms with E-state index in [1.54, 1.807) is 11.0 Å². The summed E-state index contributed by atoms with van der Waals surface area (Å²) in [5, 5.41) is 10.6. The van der Waals surface area contributed by atoms with Gasteiger partial charge < -0.3 is 10.0 Å². The van der Waals surface area contributed by atoms with Crippen LogP contribution in [0.15, 0.2) is 30.3 Å². The van der Waals surface area contributed by atoms with E-state index in [1.165, 1.54) is 0 Å². The lowest BCUT2D eigenvalue weighted by Crippen LogP contribution is -2.29. The summed E-state index contributed by atoms with van der Waals surface area (Å²) in [5.41, 5.74) is 1.25. The van der Waals surface area contributed by atoms with Gasteiger partial charge >= 0.3 is 0 Å². The molecule has 0 saturated carbocycles. The normalized spacial score (nSPS) is 19.1. The van der Waals surface area contributed by atoms with Gasteiger partial charge in [-0.1, -0.05) is 29.8 Å². The number of aromatic nitrogens is 1. The van der Waals surface area contributed by atoms with Gasteiger partial charge in [-0.3, -0.25) is 4.79 Å². The van der Waals surface area contributed by atoms with E-state index in [-0.39, 0.29) is 5.91 Å². The highest BCUT2D eigenvalue weighted by molar-refractivity contribution is 6.30. The molecule has 1 aromatic carbocycles. The average molecular weight is 277 g/mol. The molecule has 0 bridgehead atoms. The van der Waals surface area contributed by atoms with Crippen LogP contribution in [0.1, 0.15) is 16.8 Å². The predicted molar refractivity (Wildman–Crippen MR) is 73.3 cm³/mol. The van der Waals surface area contributed by atoms with Gasteiger partial charge in [0.05, 0.1) is 17.2 Å². The van der Waals surface area contributed by atoms with Gasteiger partial charge in [-0.25, -0.2) is 4.98 Å². The molecule has 1 atom stereocenters. The zero-order chi connectivity index (χ0) is 13.4. The van der Waals surface area contributed by atoms with Crippen LogP contribution in [0.25, 0.3) is 10.9 Å². The molecule has 2 heterocycles. The quantitative estimate of drug-likeness (QED) is 0.812. The molecule has 0 aliphatic carbocycles. The topological polar surface area (TPSA) is 53.4 Å². The van der Waals surface area contributed by atoms with Crippen molar-refractivity contribution in [1.29, 1.82) is 0 Å². The Bertz CT molecular complexity index is 644. The molecule has 2 aromatic rings. The number of likely N-dealkylation sites (tertiary alicyclic amines) is 1. The smallest absolute Gasteiger partial charge is 0.254 e. The summed E-state index contributed by atoms with van der Waals surface area (Å²) in [5.74, 6) is -0.1000. The Labute approximate surface area is 115 Å². The van der Waals surface area contributed by atoms with Crippen LogP contribution in [-0.2, 0) is 0 Å². The molecule has 98 valence electrons. The Morgan fingerprint density at radius 2 is 2.21 bits per heavy atom. The number of amides is 1. The summed E-state index contributed by atoms with van der Waals surface area (Å²) in [6.45, 7) is 0.960. The van der Waals surface area contributed by atoms with Crippen molar-refractivity contribution >= 4 is 28.4 Å². The van der Waals surface area contributed by atoms with Crippen LogP contribution in [0.3, 0.4) is 0 Å². The van der Waals surface area contributed by atoms with Crippen LogP contribution >= 0.6 is 11.6 Å². The van der Waals surface area contributed by atoms with Gasteiger partial charge in [-0.2, -0.15) is 0 Å². The first-order valence-corrected chi connectivity index (χ1v) is 6.55. The fraction of sp³-hybridized carbons (Fsp3) is 0.286. The minimum absolute atomic E-state index is 0.1000. The Kier molecular flexibility index (Phi) is 3.12. The van der Waals surface area contributed by atoms with E-state index in [2.05, 4.69) is 4.98 Å². The van der Waals surface area contributed by atoms with Crippen LogP contribution in [0.5, 0.6) is 0 Å². The lowest BCUT2D eigenvalue weighted by molar-refractivity contribution is 0.0767. The van der Waals surface area contributed by atoms with E-state index in [9.17, 15) is 9.90 Å². The van der Waals surface area contributed by atoms with Gasteiger partial charge in [0.15, 0.2) is 0 Å². The summed E-state index contributed by atoms with van der Waals surface area (Å²) in [4.78, 5) is 18.3. The van der Waals surface area contributed by atoms with Crippen molar-refractivity contribution in [3.05, 3.63) is 41.0 Å². The van der Waals surface area contributed by atoms with E-state index in [1.807, 2.05) is 24.3 Å². The first-order chi connectivity index (χ1) is 9.15. The Hall–Kier alpha value is -1.65.